The van der Waals surface area contributed by atoms with Crippen molar-refractivity contribution in [2.45, 2.75) is 71.0 Å². The summed E-state index contributed by atoms with van der Waals surface area (Å²) in [5.74, 6) is 0. The van der Waals surface area contributed by atoms with Gasteiger partial charge in [-0.05, 0) is 52.5 Å². The maximum absolute atomic E-state index is 4.37. The molecule has 0 amide bonds. The van der Waals surface area contributed by atoms with Gasteiger partial charge in [-0.3, -0.25) is 5.10 Å². The number of fused-ring (bicyclic) bond motifs is 2. The lowest BCUT2D eigenvalue weighted by molar-refractivity contribution is 0.356. The second-order valence-electron chi connectivity index (χ2n) is 6.20. The van der Waals surface area contributed by atoms with Gasteiger partial charge in [-0.15, -0.1) is 0 Å². The van der Waals surface area contributed by atoms with Crippen LogP contribution in [0.25, 0.3) is 0 Å². The predicted octanol–water partition coefficient (Wildman–Crippen LogP) is 2.53. The molecule has 1 aromatic rings. The second kappa shape index (κ2) is 5.16. The van der Waals surface area contributed by atoms with E-state index in [-0.39, 0.29) is 0 Å². The zero-order valence-corrected chi connectivity index (χ0v) is 12.4. The average molecular weight is 262 g/mol. The third kappa shape index (κ3) is 2.27. The molecule has 2 unspecified atom stereocenters. The molecule has 3 heterocycles. The van der Waals surface area contributed by atoms with Crippen LogP contribution in [-0.2, 0) is 0 Å². The van der Waals surface area contributed by atoms with Gasteiger partial charge in [0.2, 0.25) is 0 Å². The van der Waals surface area contributed by atoms with E-state index in [4.69, 9.17) is 0 Å². The van der Waals surface area contributed by atoms with E-state index in [1.54, 1.807) is 0 Å². The number of aryl methyl sites for hydroxylation is 2. The van der Waals surface area contributed by atoms with Crippen LogP contribution < -0.4 is 10.2 Å². The number of hydrogen-bond donors (Lipinski definition) is 2. The van der Waals surface area contributed by atoms with Crippen LogP contribution in [0.15, 0.2) is 0 Å². The molecule has 2 saturated heterocycles. The molecular formula is C15H26N4. The number of piperidine rings is 1. The molecule has 2 N–H and O–H groups in total. The minimum absolute atomic E-state index is 0.711. The van der Waals surface area contributed by atoms with Gasteiger partial charge in [0.25, 0.3) is 0 Å². The third-order valence-corrected chi connectivity index (χ3v) is 4.76. The number of nitrogens with zero attached hydrogens (tertiary/aromatic N) is 2. The van der Waals surface area contributed by atoms with E-state index < -0.39 is 0 Å². The van der Waals surface area contributed by atoms with Crippen LogP contribution in [0.4, 0.5) is 5.69 Å². The molecule has 4 heteroatoms. The Balaban J connectivity index is 1.77. The van der Waals surface area contributed by atoms with E-state index >= 15 is 0 Å². The van der Waals surface area contributed by atoms with Crippen molar-refractivity contribution in [2.75, 3.05) is 11.4 Å². The van der Waals surface area contributed by atoms with Crippen LogP contribution in [0.3, 0.4) is 0 Å². The highest BCUT2D eigenvalue weighted by Gasteiger charge is 2.41. The summed E-state index contributed by atoms with van der Waals surface area (Å²) >= 11 is 0. The van der Waals surface area contributed by atoms with Crippen LogP contribution in [0, 0.1) is 13.8 Å². The first-order valence-corrected chi connectivity index (χ1v) is 7.74. The molecule has 2 bridgehead atoms. The fourth-order valence-electron chi connectivity index (χ4n) is 3.98. The van der Waals surface area contributed by atoms with Crippen molar-refractivity contribution in [3.8, 4) is 0 Å². The Hall–Kier alpha value is -1.03. The summed E-state index contributed by atoms with van der Waals surface area (Å²) < 4.78 is 0. The summed E-state index contributed by atoms with van der Waals surface area (Å²) in [6.45, 7) is 7.68. The van der Waals surface area contributed by atoms with Crippen LogP contribution in [0.1, 0.15) is 50.4 Å². The van der Waals surface area contributed by atoms with E-state index in [0.29, 0.717) is 12.1 Å². The summed E-state index contributed by atoms with van der Waals surface area (Å²) in [7, 11) is 0. The van der Waals surface area contributed by atoms with Gasteiger partial charge in [-0.25, -0.2) is 0 Å². The molecule has 2 fully saturated rings. The van der Waals surface area contributed by atoms with Crippen molar-refractivity contribution in [3.63, 3.8) is 0 Å². The normalized spacial score (nSPS) is 30.1. The van der Waals surface area contributed by atoms with Crippen molar-refractivity contribution in [1.82, 2.24) is 15.5 Å². The molecule has 106 valence electrons. The maximum Gasteiger partial charge on any atom is 0.0827 e. The molecule has 2 aliphatic rings. The zero-order chi connectivity index (χ0) is 13.4. The fraction of sp³-hybridized carbons (Fsp3) is 0.800. The first-order chi connectivity index (χ1) is 9.20. The van der Waals surface area contributed by atoms with Crippen molar-refractivity contribution < 1.29 is 0 Å². The molecule has 0 aromatic carbocycles. The number of aromatic amines is 1. The number of rotatable bonds is 4. The molecule has 0 spiro atoms. The first-order valence-electron chi connectivity index (χ1n) is 7.74. The van der Waals surface area contributed by atoms with Crippen LogP contribution in [0.5, 0.6) is 0 Å². The average Bonchev–Trinajstić information content (AvgIpc) is 2.84. The largest absolute Gasteiger partial charge is 0.362 e. The number of nitrogens with one attached hydrogen (secondary N) is 2. The van der Waals surface area contributed by atoms with Gasteiger partial charge in [0.05, 0.1) is 17.1 Å². The van der Waals surface area contributed by atoms with Gasteiger partial charge >= 0.3 is 0 Å². The summed E-state index contributed by atoms with van der Waals surface area (Å²) in [6, 6.07) is 2.15. The summed E-state index contributed by atoms with van der Waals surface area (Å²) in [5.41, 5.74) is 3.77. The second-order valence-corrected chi connectivity index (χ2v) is 6.20. The molecule has 0 radical (unpaired) electrons. The van der Waals surface area contributed by atoms with E-state index in [1.165, 1.54) is 43.5 Å². The van der Waals surface area contributed by atoms with Gasteiger partial charge in [-0.2, -0.15) is 5.10 Å². The van der Waals surface area contributed by atoms with Crippen LogP contribution in [-0.4, -0.2) is 34.9 Å². The topological polar surface area (TPSA) is 44.0 Å². The first kappa shape index (κ1) is 13.0. The van der Waals surface area contributed by atoms with E-state index in [2.05, 4.69) is 41.2 Å². The van der Waals surface area contributed by atoms with Gasteiger partial charge in [0.1, 0.15) is 0 Å². The quantitative estimate of drug-likeness (QED) is 0.876. The van der Waals surface area contributed by atoms with Gasteiger partial charge in [-0.1, -0.05) is 6.92 Å². The number of hydrogen-bond acceptors (Lipinski definition) is 3. The third-order valence-electron chi connectivity index (χ3n) is 4.76. The Bertz CT molecular complexity index is 406. The Labute approximate surface area is 116 Å². The van der Waals surface area contributed by atoms with Gasteiger partial charge in [0.15, 0.2) is 0 Å². The smallest absolute Gasteiger partial charge is 0.0827 e. The molecule has 2 atom stereocenters. The lowest BCUT2D eigenvalue weighted by Gasteiger charge is -2.41. The Morgan fingerprint density at radius 3 is 2.47 bits per heavy atom. The molecule has 1 aromatic heterocycles. The minimum atomic E-state index is 0.711. The summed E-state index contributed by atoms with van der Waals surface area (Å²) in [4.78, 5) is 2.66. The lowest BCUT2D eigenvalue weighted by Crippen LogP contribution is -2.49. The Morgan fingerprint density at radius 1 is 1.26 bits per heavy atom. The highest BCUT2D eigenvalue weighted by Crippen LogP contribution is 2.41. The van der Waals surface area contributed by atoms with E-state index in [9.17, 15) is 0 Å². The Kier molecular flexibility index (Phi) is 3.52. The molecule has 19 heavy (non-hydrogen) atoms. The molecule has 0 aliphatic carbocycles. The van der Waals surface area contributed by atoms with E-state index in [0.717, 1.165) is 18.3 Å². The van der Waals surface area contributed by atoms with Crippen molar-refractivity contribution in [3.05, 3.63) is 11.4 Å². The SMILES string of the molecule is CCCNC1CC2CCC(C1)N2c1c(C)n[nH]c1C. The summed E-state index contributed by atoms with van der Waals surface area (Å²) in [5, 5.41) is 11.2. The van der Waals surface area contributed by atoms with Crippen LogP contribution >= 0.6 is 0 Å². The van der Waals surface area contributed by atoms with Crippen molar-refractivity contribution in [1.29, 1.82) is 0 Å². The molecule has 0 saturated carbocycles. The van der Waals surface area contributed by atoms with Gasteiger partial charge in [0, 0.05) is 18.1 Å². The predicted molar refractivity (Wildman–Crippen MR) is 78.7 cm³/mol. The number of H-pyrrole nitrogens is 1. The highest BCUT2D eigenvalue weighted by atomic mass is 15.3. The highest BCUT2D eigenvalue weighted by molar-refractivity contribution is 5.57. The number of anilines is 1. The van der Waals surface area contributed by atoms with E-state index in [1.807, 2.05) is 0 Å². The molecule has 2 aliphatic heterocycles. The molecule has 3 rings (SSSR count). The van der Waals surface area contributed by atoms with Gasteiger partial charge < -0.3 is 10.2 Å². The minimum Gasteiger partial charge on any atom is -0.362 e. The van der Waals surface area contributed by atoms with Crippen molar-refractivity contribution >= 4 is 5.69 Å². The fourth-order valence-corrected chi connectivity index (χ4v) is 3.98. The standard InChI is InChI=1S/C15H26N4/c1-4-7-16-12-8-13-5-6-14(9-12)19(13)15-10(2)17-18-11(15)3/h12-14,16H,4-9H2,1-3H3,(H,17,18). The van der Waals surface area contributed by atoms with Crippen LogP contribution in [0.2, 0.25) is 0 Å². The zero-order valence-electron chi connectivity index (χ0n) is 12.4. The lowest BCUT2D eigenvalue weighted by atomic mass is 9.96. The van der Waals surface area contributed by atoms with Crippen molar-refractivity contribution in [2.24, 2.45) is 0 Å². The number of aromatic nitrogens is 2. The monoisotopic (exact) mass is 262 g/mol. The molecule has 4 nitrogen and oxygen atoms in total. The summed E-state index contributed by atoms with van der Waals surface area (Å²) in [6.07, 6.45) is 6.51. The Morgan fingerprint density at radius 2 is 1.95 bits per heavy atom. The molecular weight excluding hydrogens is 236 g/mol. The maximum atomic E-state index is 4.37.